The normalized spacial score (nSPS) is 11.4. The van der Waals surface area contributed by atoms with Crippen LogP contribution in [-0.2, 0) is 19.1 Å². The summed E-state index contributed by atoms with van der Waals surface area (Å²) in [5.41, 5.74) is -1.40. The molecule has 94 valence electrons. The number of rotatable bonds is 3. The standard InChI is InChI=1S/C10H14N2O5/c1-5-15-8(13)7(6-11)12-17-9(14)16-10(2,3)4/h5H2,1-4H3/b12-7+. The highest BCUT2D eigenvalue weighted by Gasteiger charge is 2.19. The first-order valence-electron chi connectivity index (χ1n) is 4.85. The van der Waals surface area contributed by atoms with Gasteiger partial charge in [-0.25, -0.2) is 9.59 Å². The van der Waals surface area contributed by atoms with E-state index in [1.165, 1.54) is 6.07 Å². The van der Waals surface area contributed by atoms with Crippen LogP contribution in [0.25, 0.3) is 0 Å². The smallest absolute Gasteiger partial charge is 0.461 e. The number of hydrogen-bond donors (Lipinski definition) is 0. The van der Waals surface area contributed by atoms with Crippen molar-refractivity contribution in [1.29, 1.82) is 5.26 Å². The first-order valence-corrected chi connectivity index (χ1v) is 4.85. The van der Waals surface area contributed by atoms with Gasteiger partial charge < -0.3 is 9.47 Å². The summed E-state index contributed by atoms with van der Waals surface area (Å²) < 4.78 is 9.25. The van der Waals surface area contributed by atoms with Crippen LogP contribution in [0.3, 0.4) is 0 Å². The third kappa shape index (κ3) is 6.89. The van der Waals surface area contributed by atoms with Gasteiger partial charge in [-0.15, -0.1) is 0 Å². The highest BCUT2D eigenvalue weighted by molar-refractivity contribution is 6.42. The Morgan fingerprint density at radius 1 is 1.35 bits per heavy atom. The van der Waals surface area contributed by atoms with Crippen molar-refractivity contribution in [2.45, 2.75) is 33.3 Å². The van der Waals surface area contributed by atoms with Crippen molar-refractivity contribution in [1.82, 2.24) is 0 Å². The minimum absolute atomic E-state index is 0.0893. The second-order valence-corrected chi connectivity index (χ2v) is 3.83. The zero-order chi connectivity index (χ0) is 13.5. The van der Waals surface area contributed by atoms with E-state index in [1.54, 1.807) is 27.7 Å². The minimum atomic E-state index is -1.10. The van der Waals surface area contributed by atoms with Crippen molar-refractivity contribution in [3.63, 3.8) is 0 Å². The number of nitriles is 1. The summed E-state index contributed by atoms with van der Waals surface area (Å²) in [7, 11) is 0. The highest BCUT2D eigenvalue weighted by atomic mass is 16.8. The molecule has 0 aliphatic carbocycles. The zero-order valence-electron chi connectivity index (χ0n) is 10.1. The van der Waals surface area contributed by atoms with Crippen molar-refractivity contribution in [2.75, 3.05) is 6.61 Å². The molecule has 7 nitrogen and oxygen atoms in total. The Bertz CT molecular complexity index is 362. The molecule has 17 heavy (non-hydrogen) atoms. The summed E-state index contributed by atoms with van der Waals surface area (Å²) in [6.07, 6.45) is -1.10. The van der Waals surface area contributed by atoms with Crippen molar-refractivity contribution in [2.24, 2.45) is 5.16 Å². The molecule has 0 aromatic rings. The zero-order valence-corrected chi connectivity index (χ0v) is 10.1. The molecular formula is C10H14N2O5. The van der Waals surface area contributed by atoms with Crippen LogP contribution in [-0.4, -0.2) is 30.0 Å². The number of carbonyl (C=O) groups excluding carboxylic acids is 2. The maximum absolute atomic E-state index is 11.1. The van der Waals surface area contributed by atoms with Gasteiger partial charge in [-0.2, -0.15) is 5.26 Å². The number of hydrogen-bond acceptors (Lipinski definition) is 7. The molecule has 0 amide bonds. The first-order chi connectivity index (χ1) is 7.80. The Labute approximate surface area is 98.9 Å². The number of ether oxygens (including phenoxy) is 2. The molecule has 7 heteroatoms. The van der Waals surface area contributed by atoms with E-state index in [-0.39, 0.29) is 6.61 Å². The summed E-state index contributed by atoms with van der Waals surface area (Å²) in [5.74, 6) is -0.960. The topological polar surface area (TPSA) is 98.0 Å². The number of carbonyl (C=O) groups is 2. The lowest BCUT2D eigenvalue weighted by Gasteiger charge is -2.17. The lowest BCUT2D eigenvalue weighted by Crippen LogP contribution is -2.24. The van der Waals surface area contributed by atoms with Crippen LogP contribution < -0.4 is 0 Å². The summed E-state index contributed by atoms with van der Waals surface area (Å²) in [4.78, 5) is 26.4. The van der Waals surface area contributed by atoms with Crippen molar-refractivity contribution in [3.05, 3.63) is 0 Å². The quantitative estimate of drug-likeness (QED) is 0.321. The van der Waals surface area contributed by atoms with Crippen LogP contribution in [0.4, 0.5) is 4.79 Å². The number of esters is 1. The molecule has 0 N–H and O–H groups in total. The molecular weight excluding hydrogens is 228 g/mol. The summed E-state index contributed by atoms with van der Waals surface area (Å²) in [5, 5.41) is 11.6. The Balaban J connectivity index is 4.44. The maximum Gasteiger partial charge on any atom is 0.535 e. The van der Waals surface area contributed by atoms with E-state index in [2.05, 4.69) is 14.7 Å². The first kappa shape index (κ1) is 14.9. The van der Waals surface area contributed by atoms with Crippen molar-refractivity contribution < 1.29 is 23.9 Å². The van der Waals surface area contributed by atoms with Gasteiger partial charge in [0.1, 0.15) is 11.7 Å². The fourth-order valence-corrected chi connectivity index (χ4v) is 0.654. The average molecular weight is 242 g/mol. The lowest BCUT2D eigenvalue weighted by molar-refractivity contribution is -0.135. The van der Waals surface area contributed by atoms with E-state index in [1.807, 2.05) is 0 Å². The van der Waals surface area contributed by atoms with Crippen LogP contribution >= 0.6 is 0 Å². The van der Waals surface area contributed by atoms with Gasteiger partial charge in [-0.3, -0.25) is 4.84 Å². The van der Waals surface area contributed by atoms with Gasteiger partial charge in [0.05, 0.1) is 6.61 Å². The van der Waals surface area contributed by atoms with Gasteiger partial charge in [0.25, 0.3) is 5.71 Å². The number of nitrogens with zero attached hydrogens (tertiary/aromatic N) is 2. The van der Waals surface area contributed by atoms with E-state index < -0.39 is 23.4 Å². The van der Waals surface area contributed by atoms with E-state index in [0.717, 1.165) is 0 Å². The molecule has 0 aromatic carbocycles. The molecule has 0 rings (SSSR count). The molecule has 0 fully saturated rings. The predicted molar refractivity (Wildman–Crippen MR) is 57.0 cm³/mol. The van der Waals surface area contributed by atoms with Crippen LogP contribution in [0, 0.1) is 11.3 Å². The summed E-state index contributed by atoms with van der Waals surface area (Å²) in [6, 6.07) is 1.45. The van der Waals surface area contributed by atoms with E-state index in [0.29, 0.717) is 0 Å². The molecule has 0 spiro atoms. The van der Waals surface area contributed by atoms with Crippen molar-refractivity contribution in [3.8, 4) is 6.07 Å². The maximum atomic E-state index is 11.1. The minimum Gasteiger partial charge on any atom is -0.461 e. The largest absolute Gasteiger partial charge is 0.535 e. The van der Waals surface area contributed by atoms with Gasteiger partial charge in [-0.1, -0.05) is 5.16 Å². The van der Waals surface area contributed by atoms with Crippen LogP contribution in [0.15, 0.2) is 5.16 Å². The van der Waals surface area contributed by atoms with Crippen LogP contribution in [0.2, 0.25) is 0 Å². The molecule has 0 saturated carbocycles. The molecule has 0 heterocycles. The van der Waals surface area contributed by atoms with E-state index >= 15 is 0 Å². The molecule has 0 aliphatic rings. The predicted octanol–water partition coefficient (Wildman–Crippen LogP) is 1.38. The summed E-state index contributed by atoms with van der Waals surface area (Å²) in [6.45, 7) is 6.56. The van der Waals surface area contributed by atoms with Gasteiger partial charge in [0.2, 0.25) is 0 Å². The van der Waals surface area contributed by atoms with Crippen molar-refractivity contribution >= 4 is 17.8 Å². The SMILES string of the molecule is CCOC(=O)/C(C#N)=N/OC(=O)OC(C)(C)C. The Kier molecular flexibility index (Phi) is 5.68. The molecule has 0 radical (unpaired) electrons. The van der Waals surface area contributed by atoms with Gasteiger partial charge in [0.15, 0.2) is 0 Å². The van der Waals surface area contributed by atoms with E-state index in [4.69, 9.17) is 10.00 Å². The second-order valence-electron chi connectivity index (χ2n) is 3.83. The lowest BCUT2D eigenvalue weighted by atomic mass is 10.2. The third-order valence-electron chi connectivity index (χ3n) is 1.18. The third-order valence-corrected chi connectivity index (χ3v) is 1.18. The second kappa shape index (κ2) is 6.48. The van der Waals surface area contributed by atoms with Gasteiger partial charge in [-0.05, 0) is 27.7 Å². The monoisotopic (exact) mass is 242 g/mol. The number of oxime groups is 1. The molecule has 0 unspecified atom stereocenters. The average Bonchev–Trinajstić information content (AvgIpc) is 2.16. The Morgan fingerprint density at radius 3 is 2.35 bits per heavy atom. The molecule has 0 aromatic heterocycles. The highest BCUT2D eigenvalue weighted by Crippen LogP contribution is 2.08. The molecule has 0 atom stereocenters. The molecule has 0 saturated heterocycles. The Hall–Kier alpha value is -2.10. The van der Waals surface area contributed by atoms with E-state index in [9.17, 15) is 9.59 Å². The Morgan fingerprint density at radius 2 is 1.94 bits per heavy atom. The molecule has 0 aliphatic heterocycles. The molecule has 0 bridgehead atoms. The van der Waals surface area contributed by atoms with Gasteiger partial charge >= 0.3 is 12.1 Å². The summed E-state index contributed by atoms with van der Waals surface area (Å²) >= 11 is 0. The van der Waals surface area contributed by atoms with Crippen LogP contribution in [0.1, 0.15) is 27.7 Å². The fourth-order valence-electron chi connectivity index (χ4n) is 0.654. The fraction of sp³-hybridized carbons (Fsp3) is 0.600. The van der Waals surface area contributed by atoms with Crippen LogP contribution in [0.5, 0.6) is 0 Å². The van der Waals surface area contributed by atoms with Gasteiger partial charge in [0, 0.05) is 0 Å².